The highest BCUT2D eigenvalue weighted by Gasteiger charge is 2.34. The van der Waals surface area contributed by atoms with Crippen molar-refractivity contribution in [1.29, 1.82) is 0 Å². The van der Waals surface area contributed by atoms with Crippen molar-refractivity contribution in [2.45, 2.75) is 25.9 Å². The molecular weight excluding hydrogens is 270 g/mol. The van der Waals surface area contributed by atoms with E-state index < -0.39 is 0 Å². The lowest BCUT2D eigenvalue weighted by Crippen LogP contribution is -2.11. The number of halogens is 1. The minimum absolute atomic E-state index is 0.0468. The first kappa shape index (κ1) is 11.8. The van der Waals surface area contributed by atoms with Crippen molar-refractivity contribution < 1.29 is 4.74 Å². The lowest BCUT2D eigenvalue weighted by molar-refractivity contribution is 0.0773. The van der Waals surface area contributed by atoms with Crippen LogP contribution < -0.4 is 5.32 Å². The summed E-state index contributed by atoms with van der Waals surface area (Å²) in [5.41, 5.74) is 0. The Morgan fingerprint density at radius 2 is 2.38 bits per heavy atom. The molecule has 1 unspecified atom stereocenters. The van der Waals surface area contributed by atoms with Crippen LogP contribution in [0.2, 0.25) is 0 Å². The van der Waals surface area contributed by atoms with Crippen LogP contribution in [0.5, 0.6) is 0 Å². The average Bonchev–Trinajstić information content (AvgIpc) is 3.08. The van der Waals surface area contributed by atoms with Gasteiger partial charge < -0.3 is 10.1 Å². The van der Waals surface area contributed by atoms with E-state index in [1.807, 2.05) is 6.92 Å². The molecule has 0 saturated heterocycles. The van der Waals surface area contributed by atoms with Crippen LogP contribution >= 0.6 is 15.9 Å². The topological polar surface area (TPSA) is 47.0 Å². The molecule has 0 radical (unpaired) electrons. The molecule has 1 aliphatic rings. The Labute approximate surface area is 104 Å². The zero-order valence-electron chi connectivity index (χ0n) is 9.53. The maximum Gasteiger partial charge on any atom is 0.159 e. The minimum atomic E-state index is 0.0468. The van der Waals surface area contributed by atoms with E-state index in [0.29, 0.717) is 5.92 Å². The molecule has 0 aliphatic heterocycles. The van der Waals surface area contributed by atoms with Gasteiger partial charge in [-0.05, 0) is 41.6 Å². The second-order valence-electron chi connectivity index (χ2n) is 3.95. The number of hydrogen-bond donors (Lipinski definition) is 1. The average molecular weight is 286 g/mol. The quantitative estimate of drug-likeness (QED) is 0.904. The molecule has 5 heteroatoms. The molecule has 16 heavy (non-hydrogen) atoms. The van der Waals surface area contributed by atoms with E-state index in [1.54, 1.807) is 13.3 Å². The predicted octanol–water partition coefficient (Wildman–Crippen LogP) is 2.77. The number of hydrogen-bond acceptors (Lipinski definition) is 4. The van der Waals surface area contributed by atoms with E-state index in [9.17, 15) is 0 Å². The maximum atomic E-state index is 5.47. The van der Waals surface area contributed by atoms with Gasteiger partial charge in [-0.2, -0.15) is 0 Å². The molecular formula is C11H16BrN3O. The van der Waals surface area contributed by atoms with Crippen LogP contribution in [0, 0.1) is 5.92 Å². The van der Waals surface area contributed by atoms with E-state index in [1.165, 1.54) is 12.8 Å². The fourth-order valence-corrected chi connectivity index (χ4v) is 2.05. The minimum Gasteiger partial charge on any atom is -0.373 e. The molecule has 1 heterocycles. The summed E-state index contributed by atoms with van der Waals surface area (Å²) in [6.45, 7) is 2.89. The zero-order chi connectivity index (χ0) is 11.5. The molecule has 1 N–H and O–H groups in total. The smallest absolute Gasteiger partial charge is 0.159 e. The summed E-state index contributed by atoms with van der Waals surface area (Å²) in [6, 6.07) is 0. The van der Waals surface area contributed by atoms with Crippen molar-refractivity contribution in [3.8, 4) is 0 Å². The molecule has 4 nitrogen and oxygen atoms in total. The summed E-state index contributed by atoms with van der Waals surface area (Å²) >= 11 is 3.43. The first-order valence-electron chi connectivity index (χ1n) is 5.55. The van der Waals surface area contributed by atoms with Gasteiger partial charge in [-0.3, -0.25) is 0 Å². The molecule has 1 saturated carbocycles. The molecule has 1 aromatic rings. The molecule has 1 aliphatic carbocycles. The number of nitrogens with one attached hydrogen (secondary N) is 1. The molecule has 1 atom stereocenters. The summed E-state index contributed by atoms with van der Waals surface area (Å²) in [4.78, 5) is 8.83. The first-order chi connectivity index (χ1) is 7.76. The van der Waals surface area contributed by atoms with E-state index in [4.69, 9.17) is 4.74 Å². The van der Waals surface area contributed by atoms with Crippen molar-refractivity contribution in [2.75, 3.05) is 19.0 Å². The van der Waals surface area contributed by atoms with Crippen LogP contribution in [0.25, 0.3) is 0 Å². The fraction of sp³-hybridized carbons (Fsp3) is 0.636. The van der Waals surface area contributed by atoms with E-state index in [-0.39, 0.29) is 6.10 Å². The molecule has 0 aromatic carbocycles. The third kappa shape index (κ3) is 2.52. The third-order valence-electron chi connectivity index (χ3n) is 2.67. The maximum absolute atomic E-state index is 5.47. The van der Waals surface area contributed by atoms with Crippen LogP contribution in [-0.2, 0) is 4.74 Å². The molecule has 88 valence electrons. The molecule has 2 rings (SSSR count). The number of methoxy groups -OCH3 is 1. The van der Waals surface area contributed by atoms with Gasteiger partial charge >= 0.3 is 0 Å². The largest absolute Gasteiger partial charge is 0.373 e. The number of ether oxygens (including phenoxy) is 1. The summed E-state index contributed by atoms with van der Waals surface area (Å²) in [5.74, 6) is 2.22. The number of rotatable bonds is 5. The Bertz CT molecular complexity index is 368. The Morgan fingerprint density at radius 3 is 2.94 bits per heavy atom. The number of anilines is 1. The molecule has 0 bridgehead atoms. The van der Waals surface area contributed by atoms with Crippen LogP contribution in [-0.4, -0.2) is 23.6 Å². The molecule has 1 fully saturated rings. The van der Waals surface area contributed by atoms with Crippen molar-refractivity contribution in [1.82, 2.24) is 9.97 Å². The van der Waals surface area contributed by atoms with E-state index in [2.05, 4.69) is 31.2 Å². The normalized spacial score (nSPS) is 17.2. The Hall–Kier alpha value is -0.680. The van der Waals surface area contributed by atoms with Gasteiger partial charge in [0.15, 0.2) is 5.82 Å². The second kappa shape index (κ2) is 5.10. The Kier molecular flexibility index (Phi) is 3.76. The second-order valence-corrected chi connectivity index (χ2v) is 4.80. The molecule has 0 spiro atoms. The van der Waals surface area contributed by atoms with Gasteiger partial charge in [0.25, 0.3) is 0 Å². The summed E-state index contributed by atoms with van der Waals surface area (Å²) in [6.07, 6.45) is 4.27. The SMILES string of the molecule is CCNc1nc(C(OC)C2CC2)ncc1Br. The highest BCUT2D eigenvalue weighted by atomic mass is 79.9. The molecule has 0 amide bonds. The van der Waals surface area contributed by atoms with Gasteiger partial charge in [0.1, 0.15) is 11.9 Å². The predicted molar refractivity (Wildman–Crippen MR) is 66.4 cm³/mol. The van der Waals surface area contributed by atoms with E-state index in [0.717, 1.165) is 22.7 Å². The van der Waals surface area contributed by atoms with Gasteiger partial charge in [-0.25, -0.2) is 9.97 Å². The standard InChI is InChI=1S/C11H16BrN3O/c1-3-13-10-8(12)6-14-11(15-10)9(16-2)7-4-5-7/h6-7,9H,3-5H2,1-2H3,(H,13,14,15). The first-order valence-corrected chi connectivity index (χ1v) is 6.34. The number of aromatic nitrogens is 2. The van der Waals surface area contributed by atoms with Gasteiger partial charge in [-0.15, -0.1) is 0 Å². The van der Waals surface area contributed by atoms with Crippen LogP contribution in [0.1, 0.15) is 31.7 Å². The number of nitrogens with zero attached hydrogens (tertiary/aromatic N) is 2. The summed E-state index contributed by atoms with van der Waals surface area (Å²) < 4.78 is 6.36. The monoisotopic (exact) mass is 285 g/mol. The Balaban J connectivity index is 2.22. The van der Waals surface area contributed by atoms with Crippen LogP contribution in [0.4, 0.5) is 5.82 Å². The fourth-order valence-electron chi connectivity index (χ4n) is 1.72. The van der Waals surface area contributed by atoms with Gasteiger partial charge in [-0.1, -0.05) is 0 Å². The van der Waals surface area contributed by atoms with Gasteiger partial charge in [0.05, 0.1) is 4.47 Å². The van der Waals surface area contributed by atoms with Gasteiger partial charge in [0.2, 0.25) is 0 Å². The lowest BCUT2D eigenvalue weighted by atomic mass is 10.2. The molecule has 1 aromatic heterocycles. The highest BCUT2D eigenvalue weighted by molar-refractivity contribution is 9.10. The zero-order valence-corrected chi connectivity index (χ0v) is 11.1. The lowest BCUT2D eigenvalue weighted by Gasteiger charge is -2.14. The van der Waals surface area contributed by atoms with Crippen LogP contribution in [0.3, 0.4) is 0 Å². The van der Waals surface area contributed by atoms with Crippen molar-refractivity contribution in [2.24, 2.45) is 5.92 Å². The van der Waals surface area contributed by atoms with E-state index >= 15 is 0 Å². The van der Waals surface area contributed by atoms with Crippen LogP contribution in [0.15, 0.2) is 10.7 Å². The summed E-state index contributed by atoms with van der Waals surface area (Å²) in [5, 5.41) is 3.20. The van der Waals surface area contributed by atoms with Crippen molar-refractivity contribution in [3.63, 3.8) is 0 Å². The van der Waals surface area contributed by atoms with Gasteiger partial charge in [0, 0.05) is 19.9 Å². The van der Waals surface area contributed by atoms with Crippen molar-refractivity contribution in [3.05, 3.63) is 16.5 Å². The van der Waals surface area contributed by atoms with Crippen molar-refractivity contribution >= 4 is 21.7 Å². The highest BCUT2D eigenvalue weighted by Crippen LogP contribution is 2.42. The summed E-state index contributed by atoms with van der Waals surface area (Å²) in [7, 11) is 1.72. The Morgan fingerprint density at radius 1 is 1.62 bits per heavy atom. The third-order valence-corrected chi connectivity index (χ3v) is 3.25.